The first-order chi connectivity index (χ1) is 45.4. The lowest BCUT2D eigenvalue weighted by Crippen LogP contribution is -2.60. The molecule has 11 heterocycles. The van der Waals surface area contributed by atoms with Crippen LogP contribution < -0.4 is 43.7 Å². The number of carbonyl (C=O) groups excluding carboxylic acids is 1. The normalized spacial score (nSPS) is 26.2. The smallest absolute Gasteiger partial charge is 0.297 e. The van der Waals surface area contributed by atoms with E-state index in [9.17, 15) is 18.5 Å². The topological polar surface area (TPSA) is 250 Å². The molecule has 25 heteroatoms. The number of piperazine rings is 1. The minimum Gasteiger partial charge on any atom is -0.493 e. The van der Waals surface area contributed by atoms with Crippen molar-refractivity contribution in [2.45, 2.75) is 139 Å². The Morgan fingerprint density at radius 3 is 2.43 bits per heavy atom. The van der Waals surface area contributed by atoms with Crippen molar-refractivity contribution < 1.29 is 56.0 Å². The van der Waals surface area contributed by atoms with Gasteiger partial charge in [0.2, 0.25) is 5.88 Å². The van der Waals surface area contributed by atoms with Crippen molar-refractivity contribution >= 4 is 61.2 Å². The minimum atomic E-state index is -4.74. The predicted molar refractivity (Wildman–Crippen MR) is 353 cm³/mol. The van der Waals surface area contributed by atoms with E-state index < -0.39 is 43.1 Å². The molecule has 6 atom stereocenters. The lowest BCUT2D eigenvalue weighted by Gasteiger charge is -2.59. The average Bonchev–Trinajstić information content (AvgIpc) is 0.887. The van der Waals surface area contributed by atoms with Gasteiger partial charge in [0.25, 0.3) is 21.6 Å². The molecule has 500 valence electrons. The van der Waals surface area contributed by atoms with Gasteiger partial charge in [-0.2, -0.15) is 4.98 Å². The van der Waals surface area contributed by atoms with Crippen LogP contribution in [0.1, 0.15) is 119 Å². The molecule has 5 saturated heterocycles. The van der Waals surface area contributed by atoms with Gasteiger partial charge in [-0.3, -0.25) is 24.7 Å². The van der Waals surface area contributed by atoms with Crippen LogP contribution in [0.2, 0.25) is 0 Å². The van der Waals surface area contributed by atoms with Gasteiger partial charge in [-0.05, 0) is 139 Å². The van der Waals surface area contributed by atoms with E-state index in [0.29, 0.717) is 75.0 Å². The Labute approximate surface area is 548 Å². The highest BCUT2D eigenvalue weighted by molar-refractivity contribution is 7.90. The van der Waals surface area contributed by atoms with Crippen molar-refractivity contribution in [2.75, 3.05) is 119 Å². The first-order valence-corrected chi connectivity index (χ1v) is 35.0. The third-order valence-electron chi connectivity index (χ3n) is 21.4. The number of ether oxygens (including phenoxy) is 8. The molecular formula is C69H85N11O13S. The summed E-state index contributed by atoms with van der Waals surface area (Å²) in [5.74, 6) is 2.12. The second kappa shape index (κ2) is 24.9. The highest BCUT2D eigenvalue weighted by atomic mass is 32.2. The lowest BCUT2D eigenvalue weighted by atomic mass is 9.59. The number of hydrogen-bond donors (Lipinski definition) is 3. The van der Waals surface area contributed by atoms with Crippen LogP contribution in [0.4, 0.5) is 34.3 Å². The van der Waals surface area contributed by atoms with Gasteiger partial charge in [0.1, 0.15) is 35.4 Å². The third kappa shape index (κ3) is 11.6. The number of methoxy groups -OCH3 is 1. The number of H-pyrrole nitrogens is 1. The van der Waals surface area contributed by atoms with Crippen LogP contribution >= 0.6 is 0 Å². The monoisotopic (exact) mass is 1310 g/mol. The lowest BCUT2D eigenvalue weighted by molar-refractivity contribution is -0.384. The summed E-state index contributed by atoms with van der Waals surface area (Å²) in [6, 6.07) is 22.4. The van der Waals surface area contributed by atoms with E-state index in [1.807, 2.05) is 30.5 Å². The number of rotatable bonds is 14. The van der Waals surface area contributed by atoms with E-state index in [4.69, 9.17) is 47.9 Å². The van der Waals surface area contributed by atoms with Gasteiger partial charge in [-0.15, -0.1) is 0 Å². The maximum Gasteiger partial charge on any atom is 0.297 e. The summed E-state index contributed by atoms with van der Waals surface area (Å²) in [5, 5.41) is 16.8. The van der Waals surface area contributed by atoms with Crippen LogP contribution in [0.25, 0.3) is 11.0 Å². The van der Waals surface area contributed by atoms with Gasteiger partial charge in [0.05, 0.1) is 96.6 Å². The van der Waals surface area contributed by atoms with Gasteiger partial charge < -0.3 is 62.9 Å². The number of nitro benzene ring substituents is 1. The molecule has 1 amide bonds. The van der Waals surface area contributed by atoms with E-state index >= 15 is 4.79 Å². The molecule has 1 aliphatic carbocycles. The second-order valence-corrected chi connectivity index (χ2v) is 29.5. The first-order valence-electron chi connectivity index (χ1n) is 33.5. The number of fused-ring (bicyclic) bond motifs is 5. The molecule has 0 radical (unpaired) electrons. The van der Waals surface area contributed by atoms with Crippen LogP contribution in [-0.2, 0) is 34.6 Å². The number of amides is 1. The molecule has 0 unspecified atom stereocenters. The summed E-state index contributed by atoms with van der Waals surface area (Å²) < 4.78 is 81.1. The van der Waals surface area contributed by atoms with Crippen molar-refractivity contribution in [2.24, 2.45) is 11.3 Å². The zero-order chi connectivity index (χ0) is 64.8. The molecule has 3 N–H and O–H groups in total. The summed E-state index contributed by atoms with van der Waals surface area (Å²) in [6.07, 6.45) is 7.44. The molecule has 8 aliphatic heterocycles. The molecule has 9 aliphatic rings. The van der Waals surface area contributed by atoms with Gasteiger partial charge in [0, 0.05) is 100 Å². The maximum atomic E-state index is 15.1. The summed E-state index contributed by atoms with van der Waals surface area (Å²) in [6.45, 7) is 19.2. The molecule has 0 bridgehead atoms. The number of piperidine rings is 1. The average molecular weight is 1310 g/mol. The summed E-state index contributed by atoms with van der Waals surface area (Å²) in [5.41, 5.74) is 5.12. The second-order valence-electron chi connectivity index (χ2n) is 27.8. The van der Waals surface area contributed by atoms with Gasteiger partial charge in [-0.1, -0.05) is 18.2 Å². The van der Waals surface area contributed by atoms with Crippen molar-refractivity contribution in [3.8, 4) is 23.1 Å². The zero-order valence-corrected chi connectivity index (χ0v) is 55.2. The standard InChI is InChI=1S/C69H85N11O13S/c1-41(2)92-58-10-8-7-9-48(58)56-36-76(57-39-91-68(4,5)63-50(57)33-60(86-6)65(72-63)77-24-28-89-37-42(77)3)22-23-78(56)46-34-69(35-46)17-20-75(21-18-69)45-11-12-49(53(30-45)79-52-16-27-88-40-61(52)93-67-55(79)29-44-13-19-70-64(44)73-67)66(81)74-94(84,85)47-31-54(80(82)83)62-59(32-47)90-38-51(71-62)43-14-25-87-26-15-43/h7-13,19,29-33,41-43,46,51-52,56-57,61,71H,14-18,20-28,34-40H2,1-6H3,(H,70,73)(H,74,81)/t42-,51-,52-,56-,57-,61-/m0/s1. The summed E-state index contributed by atoms with van der Waals surface area (Å²) in [4.78, 5) is 52.3. The van der Waals surface area contributed by atoms with Crippen LogP contribution in [0.3, 0.4) is 0 Å². The predicted octanol–water partition coefficient (Wildman–Crippen LogP) is 9.41. The summed E-state index contributed by atoms with van der Waals surface area (Å²) >= 11 is 0. The quantitative estimate of drug-likeness (QED) is 0.0678. The zero-order valence-electron chi connectivity index (χ0n) is 54.3. The van der Waals surface area contributed by atoms with E-state index in [-0.39, 0.29) is 77.9 Å². The number of aromatic amines is 1. The fourth-order valence-electron chi connectivity index (χ4n) is 16.3. The van der Waals surface area contributed by atoms with E-state index in [1.165, 1.54) is 11.6 Å². The van der Waals surface area contributed by atoms with Crippen LogP contribution in [0.15, 0.2) is 83.9 Å². The number of anilines is 5. The van der Waals surface area contributed by atoms with Gasteiger partial charge in [-0.25, -0.2) is 18.1 Å². The number of benzene rings is 3. The Kier molecular flexibility index (Phi) is 16.6. The number of nitrogens with zero attached hydrogens (tertiary/aromatic N) is 8. The van der Waals surface area contributed by atoms with Crippen molar-refractivity contribution in [1.82, 2.24) is 29.5 Å². The number of pyridine rings is 2. The van der Waals surface area contributed by atoms with Crippen LogP contribution in [-0.4, -0.2) is 180 Å². The molecule has 1 saturated carbocycles. The molecule has 6 aromatic rings. The maximum absolute atomic E-state index is 15.1. The summed E-state index contributed by atoms with van der Waals surface area (Å²) in [7, 11) is -3.00. The van der Waals surface area contributed by atoms with Crippen LogP contribution in [0, 0.1) is 21.4 Å². The molecule has 24 nitrogen and oxygen atoms in total. The number of nitrogens with one attached hydrogen (secondary N) is 3. The fourth-order valence-corrected chi connectivity index (χ4v) is 17.3. The Morgan fingerprint density at radius 1 is 0.840 bits per heavy atom. The highest BCUT2D eigenvalue weighted by Gasteiger charge is 2.52. The van der Waals surface area contributed by atoms with Crippen LogP contribution in [0.5, 0.6) is 23.1 Å². The third-order valence-corrected chi connectivity index (χ3v) is 22.7. The van der Waals surface area contributed by atoms with Gasteiger partial charge >= 0.3 is 0 Å². The van der Waals surface area contributed by atoms with Gasteiger partial charge in [0.15, 0.2) is 23.0 Å². The molecule has 15 rings (SSSR count). The number of morpholine rings is 1. The molecule has 6 fully saturated rings. The SMILES string of the molecule is COc1cc2c(nc1N1CCOC[C@@H]1C)C(C)(C)OC[C@@H]2N1CCN(C2CC3(CCN(c4ccc(C(=O)NS(=O)(=O)c5cc6c(c([N+](=O)[O-])c5)N[C@H](C5CCOCC5)CO6)c(N5c6cc7cc[nH]c7nc6O[C@H]6COCC[C@@H]65)c4)CC3)C2)[C@H](c2ccccc2OC(C)C)C1. The Hall–Kier alpha value is -7.52. The molecule has 3 aromatic carbocycles. The van der Waals surface area contributed by atoms with Crippen molar-refractivity contribution in [3.05, 3.63) is 111 Å². The molecule has 1 spiro atoms. The number of nitro groups is 1. The number of hydrogen-bond acceptors (Lipinski definition) is 21. The Bertz CT molecular complexity index is 3980. The molecule has 3 aromatic heterocycles. The number of carbonyl (C=O) groups is 1. The fraction of sp³-hybridized carbons (Fsp3) is 0.551. The Balaban J connectivity index is 0.700. The number of sulfonamides is 1. The number of aromatic nitrogens is 3. The highest BCUT2D eigenvalue weighted by Crippen LogP contribution is 2.55. The first kappa shape index (κ1) is 62.6. The van der Waals surface area contributed by atoms with Crippen molar-refractivity contribution in [1.29, 1.82) is 0 Å². The Morgan fingerprint density at radius 2 is 1.64 bits per heavy atom. The largest absolute Gasteiger partial charge is 0.493 e. The molecule has 94 heavy (non-hydrogen) atoms. The number of para-hydroxylation sites is 1. The minimum absolute atomic E-state index is 0.00517. The van der Waals surface area contributed by atoms with E-state index in [2.05, 4.69) is 104 Å². The van der Waals surface area contributed by atoms with E-state index in [1.54, 1.807) is 13.2 Å². The van der Waals surface area contributed by atoms with E-state index in [0.717, 1.165) is 124 Å². The van der Waals surface area contributed by atoms with Crippen molar-refractivity contribution in [3.63, 3.8) is 0 Å². The molecular weight excluding hydrogens is 1220 g/mol.